The van der Waals surface area contributed by atoms with Crippen LogP contribution in [0.1, 0.15) is 38.2 Å². The van der Waals surface area contributed by atoms with E-state index in [1.165, 1.54) is 29.3 Å². The van der Waals surface area contributed by atoms with E-state index < -0.39 is 21.1 Å². The molecule has 142 valence electrons. The van der Waals surface area contributed by atoms with Crippen LogP contribution in [0.2, 0.25) is 0 Å². The van der Waals surface area contributed by atoms with Gasteiger partial charge < -0.3 is 9.13 Å². The van der Waals surface area contributed by atoms with Crippen molar-refractivity contribution in [3.05, 3.63) is 38.4 Å². The second-order valence-electron chi connectivity index (χ2n) is 7.41. The zero-order chi connectivity index (χ0) is 19.2. The standard InChI is InChI=1S/C18H25N3O4S/c1-11-5-7-13(8-6-11)19-26(24,25)16-10-15-14(9-12(16)2)20(3)17(22)18(23)21(15)4/h9-11,13,19H,5-8H2,1-4H3. The summed E-state index contributed by atoms with van der Waals surface area (Å²) in [5, 5.41) is 0. The Bertz CT molecular complexity index is 1070. The van der Waals surface area contributed by atoms with Crippen LogP contribution >= 0.6 is 0 Å². The summed E-state index contributed by atoms with van der Waals surface area (Å²) in [5.41, 5.74) is 0.175. The Morgan fingerprint density at radius 2 is 1.46 bits per heavy atom. The minimum atomic E-state index is -3.70. The molecule has 8 heteroatoms. The van der Waals surface area contributed by atoms with Crippen molar-refractivity contribution in [3.63, 3.8) is 0 Å². The van der Waals surface area contributed by atoms with E-state index in [-0.39, 0.29) is 10.9 Å². The van der Waals surface area contributed by atoms with E-state index in [0.717, 1.165) is 25.7 Å². The second-order valence-corrected chi connectivity index (χ2v) is 9.10. The van der Waals surface area contributed by atoms with Crippen LogP contribution in [-0.2, 0) is 24.1 Å². The molecule has 0 spiro atoms. The van der Waals surface area contributed by atoms with Crippen molar-refractivity contribution in [1.29, 1.82) is 0 Å². The number of nitrogens with one attached hydrogen (secondary N) is 1. The fraction of sp³-hybridized carbons (Fsp3) is 0.556. The molecule has 1 N–H and O–H groups in total. The molecule has 0 aliphatic heterocycles. The van der Waals surface area contributed by atoms with Crippen molar-refractivity contribution >= 4 is 21.1 Å². The SMILES string of the molecule is Cc1cc2c(cc1S(=O)(=O)NC1CCC(C)CC1)n(C)c(=O)c(=O)n2C. The van der Waals surface area contributed by atoms with E-state index in [4.69, 9.17) is 0 Å². The number of hydrogen-bond donors (Lipinski definition) is 1. The summed E-state index contributed by atoms with van der Waals surface area (Å²) >= 11 is 0. The van der Waals surface area contributed by atoms with Crippen molar-refractivity contribution in [1.82, 2.24) is 13.9 Å². The van der Waals surface area contributed by atoms with Crippen LogP contribution in [0.5, 0.6) is 0 Å². The van der Waals surface area contributed by atoms with Gasteiger partial charge in [0.25, 0.3) is 0 Å². The number of aromatic nitrogens is 2. The highest BCUT2D eigenvalue weighted by Crippen LogP contribution is 2.26. The van der Waals surface area contributed by atoms with Gasteiger partial charge in [0, 0.05) is 20.1 Å². The highest BCUT2D eigenvalue weighted by atomic mass is 32.2. The minimum Gasteiger partial charge on any atom is -0.305 e. The minimum absolute atomic E-state index is 0.0600. The molecule has 1 heterocycles. The molecule has 0 atom stereocenters. The van der Waals surface area contributed by atoms with Crippen molar-refractivity contribution in [2.75, 3.05) is 0 Å². The zero-order valence-electron chi connectivity index (χ0n) is 15.6. The first kappa shape index (κ1) is 18.8. The maximum atomic E-state index is 12.9. The van der Waals surface area contributed by atoms with Gasteiger partial charge >= 0.3 is 11.1 Å². The second kappa shape index (κ2) is 6.66. The Kier molecular flexibility index (Phi) is 4.83. The van der Waals surface area contributed by atoms with Crippen LogP contribution in [0, 0.1) is 12.8 Å². The number of sulfonamides is 1. The first-order valence-corrected chi connectivity index (χ1v) is 10.3. The lowest BCUT2D eigenvalue weighted by Gasteiger charge is -2.27. The molecule has 0 bridgehead atoms. The first-order valence-electron chi connectivity index (χ1n) is 8.84. The van der Waals surface area contributed by atoms with Gasteiger partial charge in [-0.1, -0.05) is 6.92 Å². The van der Waals surface area contributed by atoms with E-state index in [0.29, 0.717) is 22.5 Å². The third kappa shape index (κ3) is 3.23. The smallest absolute Gasteiger partial charge is 0.305 e. The molecule has 0 saturated heterocycles. The summed E-state index contributed by atoms with van der Waals surface area (Å²) < 4.78 is 31.1. The molecule has 7 nitrogen and oxygen atoms in total. The molecule has 1 saturated carbocycles. The Balaban J connectivity index is 2.09. The van der Waals surface area contributed by atoms with E-state index in [1.54, 1.807) is 13.0 Å². The Morgan fingerprint density at radius 3 is 2.00 bits per heavy atom. The summed E-state index contributed by atoms with van der Waals surface area (Å²) in [6, 6.07) is 3.07. The molecular formula is C18H25N3O4S. The highest BCUT2D eigenvalue weighted by Gasteiger charge is 2.26. The lowest BCUT2D eigenvalue weighted by Crippen LogP contribution is -2.40. The fourth-order valence-electron chi connectivity index (χ4n) is 3.66. The third-order valence-electron chi connectivity index (χ3n) is 5.41. The number of nitrogens with zero attached hydrogens (tertiary/aromatic N) is 2. The molecule has 1 aromatic carbocycles. The van der Waals surface area contributed by atoms with Gasteiger partial charge in [0.1, 0.15) is 0 Å². The van der Waals surface area contributed by atoms with Gasteiger partial charge in [-0.15, -0.1) is 0 Å². The maximum absolute atomic E-state index is 12.9. The topological polar surface area (TPSA) is 90.2 Å². The number of fused-ring (bicyclic) bond motifs is 1. The lowest BCUT2D eigenvalue weighted by molar-refractivity contribution is 0.332. The maximum Gasteiger partial charge on any atom is 0.316 e. The summed E-state index contributed by atoms with van der Waals surface area (Å²) in [6.07, 6.45) is 3.70. The van der Waals surface area contributed by atoms with Crippen molar-refractivity contribution in [2.24, 2.45) is 20.0 Å². The van der Waals surface area contributed by atoms with Crippen LogP contribution in [0.25, 0.3) is 11.0 Å². The van der Waals surface area contributed by atoms with Gasteiger partial charge in [-0.25, -0.2) is 13.1 Å². The monoisotopic (exact) mass is 379 g/mol. The third-order valence-corrected chi connectivity index (χ3v) is 7.08. The van der Waals surface area contributed by atoms with Crippen molar-refractivity contribution in [3.8, 4) is 0 Å². The van der Waals surface area contributed by atoms with E-state index >= 15 is 0 Å². The Labute approximate surface area is 152 Å². The largest absolute Gasteiger partial charge is 0.316 e. The van der Waals surface area contributed by atoms with E-state index in [2.05, 4.69) is 11.6 Å². The molecule has 1 fully saturated rings. The molecular weight excluding hydrogens is 354 g/mol. The lowest BCUT2D eigenvalue weighted by atomic mass is 9.88. The number of hydrogen-bond acceptors (Lipinski definition) is 4. The molecule has 0 radical (unpaired) electrons. The van der Waals surface area contributed by atoms with Crippen LogP contribution < -0.4 is 15.8 Å². The summed E-state index contributed by atoms with van der Waals surface area (Å²) in [7, 11) is -0.710. The van der Waals surface area contributed by atoms with Gasteiger partial charge in [0.05, 0.1) is 15.9 Å². The van der Waals surface area contributed by atoms with Gasteiger partial charge in [-0.3, -0.25) is 9.59 Å². The first-order chi connectivity index (χ1) is 12.1. The molecule has 26 heavy (non-hydrogen) atoms. The van der Waals surface area contributed by atoms with Crippen LogP contribution in [0.15, 0.2) is 26.6 Å². The summed E-state index contributed by atoms with van der Waals surface area (Å²) in [5.74, 6) is 0.633. The summed E-state index contributed by atoms with van der Waals surface area (Å²) in [4.78, 5) is 24.2. The van der Waals surface area contributed by atoms with Gasteiger partial charge in [0.15, 0.2) is 0 Å². The molecule has 0 unspecified atom stereocenters. The zero-order valence-corrected chi connectivity index (χ0v) is 16.4. The fourth-order valence-corrected chi connectivity index (χ4v) is 5.21. The van der Waals surface area contributed by atoms with Gasteiger partial charge in [-0.2, -0.15) is 0 Å². The van der Waals surface area contributed by atoms with Gasteiger partial charge in [-0.05, 0) is 56.2 Å². The average Bonchev–Trinajstić information content (AvgIpc) is 2.59. The van der Waals surface area contributed by atoms with Gasteiger partial charge in [0.2, 0.25) is 10.0 Å². The predicted molar refractivity (Wildman–Crippen MR) is 101 cm³/mol. The Morgan fingerprint density at radius 1 is 0.962 bits per heavy atom. The molecule has 0 amide bonds. The van der Waals surface area contributed by atoms with Crippen LogP contribution in [0.4, 0.5) is 0 Å². The summed E-state index contributed by atoms with van der Waals surface area (Å²) in [6.45, 7) is 3.88. The van der Waals surface area contributed by atoms with Crippen molar-refractivity contribution in [2.45, 2.75) is 50.5 Å². The van der Waals surface area contributed by atoms with Crippen LogP contribution in [0.3, 0.4) is 0 Å². The normalized spacial score (nSPS) is 21.2. The number of rotatable bonds is 3. The molecule has 3 rings (SSSR count). The molecule has 1 aliphatic carbocycles. The average molecular weight is 379 g/mol. The molecule has 2 aromatic rings. The van der Waals surface area contributed by atoms with Crippen LogP contribution in [-0.4, -0.2) is 23.6 Å². The number of aryl methyl sites for hydroxylation is 3. The number of benzene rings is 1. The Hall–Kier alpha value is -1.93. The van der Waals surface area contributed by atoms with E-state index in [9.17, 15) is 18.0 Å². The molecule has 1 aromatic heterocycles. The van der Waals surface area contributed by atoms with E-state index in [1.807, 2.05) is 0 Å². The predicted octanol–water partition coefficient (Wildman–Crippen LogP) is 1.40. The quantitative estimate of drug-likeness (QED) is 0.817. The highest BCUT2D eigenvalue weighted by molar-refractivity contribution is 7.89. The van der Waals surface area contributed by atoms with Crippen molar-refractivity contribution < 1.29 is 8.42 Å². The molecule has 1 aliphatic rings.